The minimum atomic E-state index is 0.266. The van der Waals surface area contributed by atoms with Gasteiger partial charge in [0.1, 0.15) is 0 Å². The lowest BCUT2D eigenvalue weighted by molar-refractivity contribution is 0.0810. The average Bonchev–Trinajstić information content (AvgIpc) is 2.78. The van der Waals surface area contributed by atoms with Gasteiger partial charge >= 0.3 is 0 Å². The van der Waals surface area contributed by atoms with Crippen LogP contribution in [0.4, 0.5) is 0 Å². The molecule has 3 aromatic rings. The first-order valence-electron chi connectivity index (χ1n) is 6.71. The number of hydrogen-bond donors (Lipinski definition) is 1. The van der Waals surface area contributed by atoms with Crippen LogP contribution in [0.2, 0.25) is 0 Å². The molecule has 0 atom stereocenters. The molecule has 0 saturated heterocycles. The third-order valence-corrected chi connectivity index (χ3v) is 3.30. The molecule has 0 saturated carbocycles. The standard InChI is InChI=1S/C16H18N2O/c1-11(2)19-10-8-15-16-13(7-9-17-15)12-5-3-4-6-14(12)18-16/h3-7,9,11,18H,8,10H2,1-2H3. The first kappa shape index (κ1) is 12.2. The normalized spacial score (nSPS) is 11.7. The Kier molecular flexibility index (Phi) is 3.22. The van der Waals surface area contributed by atoms with Gasteiger partial charge in [-0.1, -0.05) is 18.2 Å². The first-order chi connectivity index (χ1) is 9.25. The maximum Gasteiger partial charge on any atom is 0.0684 e. The molecule has 0 radical (unpaired) electrons. The largest absolute Gasteiger partial charge is 0.378 e. The second kappa shape index (κ2) is 5.02. The number of H-pyrrole nitrogens is 1. The molecule has 0 bridgehead atoms. The van der Waals surface area contributed by atoms with Crippen LogP contribution in [0, 0.1) is 0 Å². The topological polar surface area (TPSA) is 37.9 Å². The molecule has 1 N–H and O–H groups in total. The Bertz CT molecular complexity index is 700. The van der Waals surface area contributed by atoms with Crippen molar-refractivity contribution in [2.75, 3.05) is 6.61 Å². The number of para-hydroxylation sites is 1. The summed E-state index contributed by atoms with van der Waals surface area (Å²) in [6.07, 6.45) is 2.98. The summed E-state index contributed by atoms with van der Waals surface area (Å²) in [7, 11) is 0. The zero-order chi connectivity index (χ0) is 13.2. The van der Waals surface area contributed by atoms with Crippen molar-refractivity contribution in [3.8, 4) is 0 Å². The van der Waals surface area contributed by atoms with Gasteiger partial charge < -0.3 is 9.72 Å². The van der Waals surface area contributed by atoms with E-state index in [1.807, 2.05) is 12.3 Å². The number of nitrogens with one attached hydrogen (secondary N) is 1. The van der Waals surface area contributed by atoms with Gasteiger partial charge in [0.25, 0.3) is 0 Å². The average molecular weight is 254 g/mol. The monoisotopic (exact) mass is 254 g/mol. The van der Waals surface area contributed by atoms with E-state index in [1.165, 1.54) is 10.8 Å². The molecule has 0 fully saturated rings. The lowest BCUT2D eigenvalue weighted by Gasteiger charge is -2.07. The summed E-state index contributed by atoms with van der Waals surface area (Å²) in [6.45, 7) is 4.81. The van der Waals surface area contributed by atoms with E-state index in [2.05, 4.69) is 48.1 Å². The van der Waals surface area contributed by atoms with Gasteiger partial charge in [-0.15, -0.1) is 0 Å². The molecule has 0 aliphatic rings. The number of aromatic nitrogens is 2. The van der Waals surface area contributed by atoms with E-state index in [4.69, 9.17) is 4.74 Å². The Labute approximate surface area is 112 Å². The van der Waals surface area contributed by atoms with Crippen molar-refractivity contribution in [1.82, 2.24) is 9.97 Å². The van der Waals surface area contributed by atoms with Crippen molar-refractivity contribution in [1.29, 1.82) is 0 Å². The van der Waals surface area contributed by atoms with Gasteiger partial charge in [0, 0.05) is 28.9 Å². The molecule has 2 aromatic heterocycles. The molecule has 2 heterocycles. The minimum Gasteiger partial charge on any atom is -0.378 e. The molecule has 19 heavy (non-hydrogen) atoms. The van der Waals surface area contributed by atoms with Gasteiger partial charge in [0.2, 0.25) is 0 Å². The predicted molar refractivity (Wildman–Crippen MR) is 78.4 cm³/mol. The van der Waals surface area contributed by atoms with E-state index < -0.39 is 0 Å². The Hall–Kier alpha value is -1.87. The van der Waals surface area contributed by atoms with Crippen LogP contribution in [0.25, 0.3) is 21.8 Å². The highest BCUT2D eigenvalue weighted by Gasteiger charge is 2.08. The lowest BCUT2D eigenvalue weighted by Crippen LogP contribution is -2.07. The van der Waals surface area contributed by atoms with E-state index in [0.29, 0.717) is 6.61 Å². The van der Waals surface area contributed by atoms with Crippen LogP contribution < -0.4 is 0 Å². The number of benzene rings is 1. The second-order valence-corrected chi connectivity index (χ2v) is 5.02. The molecular weight excluding hydrogens is 236 g/mol. The third kappa shape index (κ3) is 2.34. The number of pyridine rings is 1. The molecule has 98 valence electrons. The Morgan fingerprint density at radius 1 is 1.16 bits per heavy atom. The number of rotatable bonds is 4. The van der Waals surface area contributed by atoms with Crippen molar-refractivity contribution in [2.24, 2.45) is 0 Å². The number of nitrogens with zero attached hydrogens (tertiary/aromatic N) is 1. The van der Waals surface area contributed by atoms with Crippen molar-refractivity contribution in [3.63, 3.8) is 0 Å². The van der Waals surface area contributed by atoms with E-state index in [-0.39, 0.29) is 6.10 Å². The molecule has 0 aliphatic heterocycles. The van der Waals surface area contributed by atoms with E-state index in [9.17, 15) is 0 Å². The molecule has 1 aromatic carbocycles. The fourth-order valence-corrected chi connectivity index (χ4v) is 2.41. The Morgan fingerprint density at radius 2 is 2.00 bits per heavy atom. The van der Waals surface area contributed by atoms with Gasteiger partial charge in [0.05, 0.1) is 23.9 Å². The van der Waals surface area contributed by atoms with Crippen LogP contribution in [0.15, 0.2) is 36.5 Å². The van der Waals surface area contributed by atoms with Crippen LogP contribution in [0.5, 0.6) is 0 Å². The van der Waals surface area contributed by atoms with Crippen LogP contribution in [0.1, 0.15) is 19.5 Å². The van der Waals surface area contributed by atoms with Gasteiger partial charge in [-0.2, -0.15) is 0 Å². The van der Waals surface area contributed by atoms with Gasteiger partial charge in [-0.3, -0.25) is 4.98 Å². The van der Waals surface area contributed by atoms with E-state index in [0.717, 1.165) is 23.1 Å². The van der Waals surface area contributed by atoms with E-state index >= 15 is 0 Å². The van der Waals surface area contributed by atoms with Gasteiger partial charge in [0.15, 0.2) is 0 Å². The first-order valence-corrected chi connectivity index (χ1v) is 6.71. The summed E-state index contributed by atoms with van der Waals surface area (Å²) in [5.74, 6) is 0. The highest BCUT2D eigenvalue weighted by atomic mass is 16.5. The predicted octanol–water partition coefficient (Wildman–Crippen LogP) is 3.68. The minimum absolute atomic E-state index is 0.266. The van der Waals surface area contributed by atoms with Crippen molar-refractivity contribution >= 4 is 21.8 Å². The van der Waals surface area contributed by atoms with Crippen molar-refractivity contribution in [3.05, 3.63) is 42.2 Å². The zero-order valence-electron chi connectivity index (χ0n) is 11.3. The smallest absolute Gasteiger partial charge is 0.0684 e. The Balaban J connectivity index is 2.00. The number of hydrogen-bond acceptors (Lipinski definition) is 2. The van der Waals surface area contributed by atoms with Crippen LogP contribution in [-0.4, -0.2) is 22.7 Å². The van der Waals surface area contributed by atoms with Crippen LogP contribution in [0.3, 0.4) is 0 Å². The van der Waals surface area contributed by atoms with Crippen LogP contribution in [-0.2, 0) is 11.2 Å². The summed E-state index contributed by atoms with van der Waals surface area (Å²) in [6, 6.07) is 10.4. The lowest BCUT2D eigenvalue weighted by atomic mass is 10.1. The van der Waals surface area contributed by atoms with Crippen LogP contribution >= 0.6 is 0 Å². The van der Waals surface area contributed by atoms with Crippen molar-refractivity contribution in [2.45, 2.75) is 26.4 Å². The molecule has 3 nitrogen and oxygen atoms in total. The number of ether oxygens (including phenoxy) is 1. The van der Waals surface area contributed by atoms with Gasteiger partial charge in [-0.25, -0.2) is 0 Å². The summed E-state index contributed by atoms with van der Waals surface area (Å²) in [5.41, 5.74) is 3.38. The maximum absolute atomic E-state index is 5.61. The summed E-state index contributed by atoms with van der Waals surface area (Å²) < 4.78 is 5.61. The fraction of sp³-hybridized carbons (Fsp3) is 0.312. The highest BCUT2D eigenvalue weighted by Crippen LogP contribution is 2.26. The molecule has 3 heteroatoms. The molecule has 3 rings (SSSR count). The Morgan fingerprint density at radius 3 is 2.84 bits per heavy atom. The molecule has 0 spiro atoms. The SMILES string of the molecule is CC(C)OCCc1nccc2c1[nH]c1ccccc12. The highest BCUT2D eigenvalue weighted by molar-refractivity contribution is 6.07. The van der Waals surface area contributed by atoms with Gasteiger partial charge in [-0.05, 0) is 26.0 Å². The molecule has 0 aliphatic carbocycles. The third-order valence-electron chi connectivity index (χ3n) is 3.30. The quantitative estimate of drug-likeness (QED) is 0.771. The number of fused-ring (bicyclic) bond motifs is 3. The number of aromatic amines is 1. The maximum atomic E-state index is 5.61. The molecule has 0 amide bonds. The summed E-state index contributed by atoms with van der Waals surface area (Å²) in [5, 5.41) is 2.50. The van der Waals surface area contributed by atoms with E-state index in [1.54, 1.807) is 0 Å². The summed E-state index contributed by atoms with van der Waals surface area (Å²) in [4.78, 5) is 7.95. The second-order valence-electron chi connectivity index (χ2n) is 5.02. The molecular formula is C16H18N2O. The summed E-state index contributed by atoms with van der Waals surface area (Å²) >= 11 is 0. The fourth-order valence-electron chi connectivity index (χ4n) is 2.41. The van der Waals surface area contributed by atoms with Crippen molar-refractivity contribution < 1.29 is 4.74 Å². The zero-order valence-corrected chi connectivity index (χ0v) is 11.3. The molecule has 0 unspecified atom stereocenters.